The van der Waals surface area contributed by atoms with E-state index in [1.54, 1.807) is 0 Å². The van der Waals surface area contributed by atoms with E-state index >= 15 is 0 Å². The Balaban J connectivity index is 2.58. The number of rotatable bonds is 9. The second-order valence-corrected chi connectivity index (χ2v) is 6.14. The quantitative estimate of drug-likeness (QED) is 0.652. The number of methoxy groups -OCH3 is 1. The van der Waals surface area contributed by atoms with Crippen LogP contribution in [0.2, 0.25) is 0 Å². The molecule has 1 saturated carbocycles. The molecule has 1 fully saturated rings. The Labute approximate surface area is 117 Å². The topological polar surface area (TPSA) is 41.6 Å². The van der Waals surface area contributed by atoms with Gasteiger partial charge < -0.3 is 9.64 Å². The first-order valence-corrected chi connectivity index (χ1v) is 7.53. The summed E-state index contributed by atoms with van der Waals surface area (Å²) in [4.78, 5) is 14.5. The van der Waals surface area contributed by atoms with Gasteiger partial charge in [-0.05, 0) is 53.0 Å². The number of nitrogens with zero attached hydrogens (tertiary/aromatic N) is 1. The fraction of sp³-hybridized carbons (Fsp3) is 0.933. The molecule has 4 nitrogen and oxygen atoms in total. The van der Waals surface area contributed by atoms with Gasteiger partial charge in [-0.3, -0.25) is 10.1 Å². The SMILES string of the molecule is CCCN(CCC(C)(NC(C)C)C(=O)OC)C1CC1. The molecule has 112 valence electrons. The van der Waals surface area contributed by atoms with Gasteiger partial charge in [0, 0.05) is 18.6 Å². The summed E-state index contributed by atoms with van der Waals surface area (Å²) < 4.78 is 4.96. The van der Waals surface area contributed by atoms with E-state index in [0.717, 1.165) is 25.6 Å². The Kier molecular flexibility index (Phi) is 6.27. The zero-order valence-electron chi connectivity index (χ0n) is 13.2. The zero-order valence-corrected chi connectivity index (χ0v) is 13.2. The lowest BCUT2D eigenvalue weighted by molar-refractivity contribution is -0.148. The first kappa shape index (κ1) is 16.4. The lowest BCUT2D eigenvalue weighted by Gasteiger charge is -2.33. The van der Waals surface area contributed by atoms with Gasteiger partial charge in [-0.2, -0.15) is 0 Å². The molecule has 0 bridgehead atoms. The van der Waals surface area contributed by atoms with Gasteiger partial charge in [0.15, 0.2) is 0 Å². The Morgan fingerprint density at radius 1 is 1.42 bits per heavy atom. The Morgan fingerprint density at radius 2 is 2.05 bits per heavy atom. The number of ether oxygens (including phenoxy) is 1. The molecule has 1 N–H and O–H groups in total. The van der Waals surface area contributed by atoms with Gasteiger partial charge in [0.1, 0.15) is 5.54 Å². The maximum atomic E-state index is 12.0. The highest BCUT2D eigenvalue weighted by Gasteiger charge is 2.36. The van der Waals surface area contributed by atoms with Gasteiger partial charge in [0.25, 0.3) is 0 Å². The lowest BCUT2D eigenvalue weighted by Crippen LogP contribution is -2.54. The monoisotopic (exact) mass is 270 g/mol. The summed E-state index contributed by atoms with van der Waals surface area (Å²) in [5.74, 6) is -0.159. The molecule has 0 spiro atoms. The van der Waals surface area contributed by atoms with Gasteiger partial charge in [-0.25, -0.2) is 0 Å². The molecule has 0 aromatic rings. The second-order valence-electron chi connectivity index (χ2n) is 6.14. The number of esters is 1. The first-order chi connectivity index (χ1) is 8.92. The van der Waals surface area contributed by atoms with Crippen LogP contribution in [0.25, 0.3) is 0 Å². The van der Waals surface area contributed by atoms with Gasteiger partial charge in [0.05, 0.1) is 7.11 Å². The van der Waals surface area contributed by atoms with E-state index in [-0.39, 0.29) is 12.0 Å². The van der Waals surface area contributed by atoms with Crippen molar-refractivity contribution in [2.75, 3.05) is 20.2 Å². The molecule has 4 heteroatoms. The molecular formula is C15H30N2O2. The van der Waals surface area contributed by atoms with E-state index in [0.29, 0.717) is 0 Å². The van der Waals surface area contributed by atoms with Crippen molar-refractivity contribution in [1.82, 2.24) is 10.2 Å². The smallest absolute Gasteiger partial charge is 0.325 e. The normalized spacial score (nSPS) is 18.7. The minimum Gasteiger partial charge on any atom is -0.468 e. The molecule has 0 radical (unpaired) electrons. The van der Waals surface area contributed by atoms with Crippen molar-refractivity contribution in [1.29, 1.82) is 0 Å². The van der Waals surface area contributed by atoms with E-state index in [1.165, 1.54) is 26.4 Å². The van der Waals surface area contributed by atoms with Crippen LogP contribution in [-0.4, -0.2) is 48.7 Å². The summed E-state index contributed by atoms with van der Waals surface area (Å²) in [7, 11) is 1.47. The number of nitrogens with one attached hydrogen (secondary N) is 1. The molecule has 19 heavy (non-hydrogen) atoms. The Hall–Kier alpha value is -0.610. The van der Waals surface area contributed by atoms with E-state index in [4.69, 9.17) is 4.74 Å². The van der Waals surface area contributed by atoms with Crippen molar-refractivity contribution in [3.05, 3.63) is 0 Å². The zero-order chi connectivity index (χ0) is 14.5. The van der Waals surface area contributed by atoms with E-state index in [9.17, 15) is 4.79 Å². The predicted octanol–water partition coefficient (Wildman–Crippen LogP) is 2.18. The molecular weight excluding hydrogens is 240 g/mol. The highest BCUT2D eigenvalue weighted by atomic mass is 16.5. The van der Waals surface area contributed by atoms with Gasteiger partial charge in [0.2, 0.25) is 0 Å². The van der Waals surface area contributed by atoms with Gasteiger partial charge in [-0.15, -0.1) is 0 Å². The molecule has 1 atom stereocenters. The minimum absolute atomic E-state index is 0.159. The summed E-state index contributed by atoms with van der Waals surface area (Å²) in [6.07, 6.45) is 4.59. The first-order valence-electron chi connectivity index (χ1n) is 7.53. The van der Waals surface area contributed by atoms with E-state index in [2.05, 4.69) is 31.0 Å². The molecule has 1 rings (SSSR count). The van der Waals surface area contributed by atoms with Crippen LogP contribution in [0.4, 0.5) is 0 Å². The van der Waals surface area contributed by atoms with Crippen molar-refractivity contribution in [3.63, 3.8) is 0 Å². The number of carbonyl (C=O) groups is 1. The Morgan fingerprint density at radius 3 is 2.47 bits per heavy atom. The molecule has 0 saturated heterocycles. The molecule has 0 heterocycles. The van der Waals surface area contributed by atoms with Crippen LogP contribution in [0.15, 0.2) is 0 Å². The van der Waals surface area contributed by atoms with Gasteiger partial charge >= 0.3 is 5.97 Å². The fourth-order valence-corrected chi connectivity index (χ4v) is 2.67. The summed E-state index contributed by atoms with van der Waals surface area (Å²) in [6, 6.07) is 1.02. The molecule has 1 aliphatic rings. The van der Waals surface area contributed by atoms with Crippen molar-refractivity contribution >= 4 is 5.97 Å². The summed E-state index contributed by atoms with van der Waals surface area (Å²) in [5.41, 5.74) is -0.580. The molecule has 0 aliphatic heterocycles. The van der Waals surface area contributed by atoms with Crippen LogP contribution in [-0.2, 0) is 9.53 Å². The number of hydrogen-bond donors (Lipinski definition) is 1. The third kappa shape index (κ3) is 5.11. The van der Waals surface area contributed by atoms with Crippen LogP contribution in [0.5, 0.6) is 0 Å². The highest BCUT2D eigenvalue weighted by molar-refractivity contribution is 5.80. The summed E-state index contributed by atoms with van der Waals surface area (Å²) in [6.45, 7) is 10.4. The lowest BCUT2D eigenvalue weighted by atomic mass is 9.96. The number of carbonyl (C=O) groups excluding carboxylic acids is 1. The largest absolute Gasteiger partial charge is 0.468 e. The maximum absolute atomic E-state index is 12.0. The Bertz CT molecular complexity index is 290. The average Bonchev–Trinajstić information content (AvgIpc) is 3.16. The van der Waals surface area contributed by atoms with Crippen LogP contribution < -0.4 is 5.32 Å². The van der Waals surface area contributed by atoms with Crippen molar-refractivity contribution in [2.45, 2.75) is 71.0 Å². The molecule has 1 aliphatic carbocycles. The highest BCUT2D eigenvalue weighted by Crippen LogP contribution is 2.28. The van der Waals surface area contributed by atoms with E-state index < -0.39 is 5.54 Å². The average molecular weight is 270 g/mol. The molecule has 0 aromatic heterocycles. The standard InChI is InChI=1S/C15H30N2O2/c1-6-10-17(13-7-8-13)11-9-15(4,14(18)19-5)16-12(2)3/h12-13,16H,6-11H2,1-5H3. The van der Waals surface area contributed by atoms with E-state index in [1.807, 2.05) is 6.92 Å². The van der Waals surface area contributed by atoms with Crippen molar-refractivity contribution in [3.8, 4) is 0 Å². The predicted molar refractivity (Wildman–Crippen MR) is 78.2 cm³/mol. The second kappa shape index (κ2) is 7.25. The molecule has 0 amide bonds. The minimum atomic E-state index is -0.580. The van der Waals surface area contributed by atoms with Crippen molar-refractivity contribution < 1.29 is 9.53 Å². The third-order valence-electron chi connectivity index (χ3n) is 3.72. The summed E-state index contributed by atoms with van der Waals surface area (Å²) >= 11 is 0. The molecule has 0 aromatic carbocycles. The van der Waals surface area contributed by atoms with Crippen LogP contribution in [0.3, 0.4) is 0 Å². The van der Waals surface area contributed by atoms with Gasteiger partial charge in [-0.1, -0.05) is 6.92 Å². The summed E-state index contributed by atoms with van der Waals surface area (Å²) in [5, 5.41) is 3.36. The molecule has 1 unspecified atom stereocenters. The van der Waals surface area contributed by atoms with Crippen LogP contribution >= 0.6 is 0 Å². The van der Waals surface area contributed by atoms with Crippen LogP contribution in [0.1, 0.15) is 53.4 Å². The third-order valence-corrected chi connectivity index (χ3v) is 3.72. The number of hydrogen-bond acceptors (Lipinski definition) is 4. The fourth-order valence-electron chi connectivity index (χ4n) is 2.67. The van der Waals surface area contributed by atoms with Crippen LogP contribution in [0, 0.1) is 0 Å². The van der Waals surface area contributed by atoms with Crippen molar-refractivity contribution in [2.24, 2.45) is 0 Å². The maximum Gasteiger partial charge on any atom is 0.325 e.